The fraction of sp³-hybridized carbons (Fsp3) is 0.308. The van der Waals surface area contributed by atoms with E-state index < -0.39 is 0 Å². The van der Waals surface area contributed by atoms with Crippen LogP contribution in [-0.4, -0.2) is 21.9 Å². The minimum absolute atomic E-state index is 0.171. The normalized spacial score (nSPS) is 14.2. The number of benzene rings is 1. The van der Waals surface area contributed by atoms with Crippen molar-refractivity contribution in [1.29, 1.82) is 0 Å². The summed E-state index contributed by atoms with van der Waals surface area (Å²) < 4.78 is 5.37. The topological polar surface area (TPSA) is 94.0 Å². The molecule has 1 aromatic heterocycles. The van der Waals surface area contributed by atoms with Crippen LogP contribution in [-0.2, 0) is 4.79 Å². The van der Waals surface area contributed by atoms with Crippen molar-refractivity contribution in [1.82, 2.24) is 10.2 Å². The molecule has 7 heteroatoms. The number of nitrogens with two attached hydrogens (primary N) is 1. The number of rotatable bonds is 5. The summed E-state index contributed by atoms with van der Waals surface area (Å²) in [5.41, 5.74) is 6.36. The largest absolute Gasteiger partial charge is 0.408 e. The molecular weight excluding hydrogens is 276 g/mol. The van der Waals surface area contributed by atoms with Crippen molar-refractivity contribution >= 4 is 29.4 Å². The van der Waals surface area contributed by atoms with Crippen LogP contribution in [0.3, 0.4) is 0 Å². The summed E-state index contributed by atoms with van der Waals surface area (Å²) in [7, 11) is 0. The summed E-state index contributed by atoms with van der Waals surface area (Å²) in [6.45, 7) is 0. The number of nitrogens with zero attached hydrogens (tertiary/aromatic N) is 2. The smallest absolute Gasteiger partial charge is 0.322 e. The lowest BCUT2D eigenvalue weighted by Crippen LogP contribution is -2.14. The number of nitrogen functional groups attached to an aromatic ring is 1. The van der Waals surface area contributed by atoms with E-state index in [1.54, 1.807) is 0 Å². The molecule has 20 heavy (non-hydrogen) atoms. The summed E-state index contributed by atoms with van der Waals surface area (Å²) in [6.07, 6.45) is 2.17. The Labute approximate surface area is 120 Å². The van der Waals surface area contributed by atoms with Crippen LogP contribution in [0.25, 0.3) is 0 Å². The van der Waals surface area contributed by atoms with Crippen molar-refractivity contribution in [2.75, 3.05) is 16.8 Å². The molecule has 0 bridgehead atoms. The number of carbonyl (C=O) groups is 1. The fourth-order valence-corrected chi connectivity index (χ4v) is 2.45. The monoisotopic (exact) mass is 290 g/mol. The molecule has 0 aliphatic heterocycles. The number of amides is 1. The lowest BCUT2D eigenvalue weighted by atomic mass is 10.3. The molecule has 3 rings (SSSR count). The molecular formula is C13H14N4O2S. The lowest BCUT2D eigenvalue weighted by molar-refractivity contribution is -0.113. The zero-order valence-corrected chi connectivity index (χ0v) is 11.5. The zero-order chi connectivity index (χ0) is 13.9. The van der Waals surface area contributed by atoms with E-state index in [1.165, 1.54) is 11.8 Å². The molecule has 1 aromatic carbocycles. The van der Waals surface area contributed by atoms with Gasteiger partial charge in [0.1, 0.15) is 0 Å². The van der Waals surface area contributed by atoms with E-state index in [0.717, 1.165) is 17.7 Å². The molecule has 1 fully saturated rings. The van der Waals surface area contributed by atoms with Crippen molar-refractivity contribution in [2.45, 2.75) is 23.7 Å². The molecule has 6 nitrogen and oxygen atoms in total. The second-order valence-corrected chi connectivity index (χ2v) is 5.68. The third-order valence-electron chi connectivity index (χ3n) is 2.84. The van der Waals surface area contributed by atoms with E-state index in [-0.39, 0.29) is 17.7 Å². The van der Waals surface area contributed by atoms with Gasteiger partial charge >= 0.3 is 6.01 Å². The van der Waals surface area contributed by atoms with E-state index in [1.807, 2.05) is 24.3 Å². The molecule has 2 aromatic rings. The van der Waals surface area contributed by atoms with E-state index in [0.29, 0.717) is 17.5 Å². The molecule has 1 aliphatic carbocycles. The van der Waals surface area contributed by atoms with Gasteiger partial charge in [0, 0.05) is 16.5 Å². The molecule has 1 heterocycles. The second kappa shape index (κ2) is 5.54. The van der Waals surface area contributed by atoms with E-state index in [2.05, 4.69) is 15.5 Å². The highest BCUT2D eigenvalue weighted by Gasteiger charge is 2.29. The minimum atomic E-state index is -0.177. The molecule has 0 radical (unpaired) electrons. The van der Waals surface area contributed by atoms with Gasteiger partial charge in [-0.25, -0.2) is 0 Å². The van der Waals surface area contributed by atoms with Gasteiger partial charge in [0.25, 0.3) is 0 Å². The Morgan fingerprint density at radius 1 is 1.45 bits per heavy atom. The average Bonchev–Trinajstić information content (AvgIpc) is 3.18. The molecule has 1 aliphatic rings. The van der Waals surface area contributed by atoms with E-state index in [9.17, 15) is 4.79 Å². The highest BCUT2D eigenvalue weighted by Crippen LogP contribution is 2.39. The summed E-state index contributed by atoms with van der Waals surface area (Å²) in [5, 5.41) is 10.3. The Balaban J connectivity index is 1.51. The summed E-state index contributed by atoms with van der Waals surface area (Å²) in [4.78, 5) is 12.7. The first-order valence-corrected chi connectivity index (χ1v) is 7.31. The fourth-order valence-electron chi connectivity index (χ4n) is 1.69. The maximum absolute atomic E-state index is 11.8. The van der Waals surface area contributed by atoms with Crippen LogP contribution in [0.15, 0.2) is 33.6 Å². The van der Waals surface area contributed by atoms with Gasteiger partial charge in [0.2, 0.25) is 11.8 Å². The number of thioether (sulfide) groups is 1. The van der Waals surface area contributed by atoms with Gasteiger partial charge in [0.05, 0.1) is 5.75 Å². The van der Waals surface area contributed by atoms with Gasteiger partial charge in [-0.05, 0) is 31.0 Å². The lowest BCUT2D eigenvalue weighted by Gasteiger charge is -2.02. The number of hydrogen-bond acceptors (Lipinski definition) is 6. The van der Waals surface area contributed by atoms with Crippen molar-refractivity contribution in [3.63, 3.8) is 0 Å². The predicted octanol–water partition coefficient (Wildman–Crippen LogP) is 2.26. The van der Waals surface area contributed by atoms with Gasteiger partial charge in [0.15, 0.2) is 0 Å². The molecule has 1 amide bonds. The van der Waals surface area contributed by atoms with Crippen LogP contribution in [0.4, 0.5) is 11.7 Å². The highest BCUT2D eigenvalue weighted by molar-refractivity contribution is 8.00. The predicted molar refractivity (Wildman–Crippen MR) is 76.5 cm³/mol. The molecule has 3 N–H and O–H groups in total. The van der Waals surface area contributed by atoms with Gasteiger partial charge in [-0.15, -0.1) is 16.9 Å². The number of hydrogen-bond donors (Lipinski definition) is 2. The summed E-state index contributed by atoms with van der Waals surface area (Å²) >= 11 is 1.41. The molecule has 1 saturated carbocycles. The van der Waals surface area contributed by atoms with Crippen LogP contribution in [0.2, 0.25) is 0 Å². The summed E-state index contributed by atoms with van der Waals surface area (Å²) in [5.74, 6) is 1.09. The third kappa shape index (κ3) is 3.30. The average molecular weight is 290 g/mol. The Morgan fingerprint density at radius 2 is 2.30 bits per heavy atom. The third-order valence-corrected chi connectivity index (χ3v) is 3.84. The van der Waals surface area contributed by atoms with Crippen molar-refractivity contribution in [3.05, 3.63) is 30.2 Å². The molecule has 0 saturated heterocycles. The molecule has 0 atom stereocenters. The second-order valence-electron chi connectivity index (χ2n) is 4.63. The van der Waals surface area contributed by atoms with Crippen molar-refractivity contribution < 1.29 is 9.21 Å². The van der Waals surface area contributed by atoms with Gasteiger partial charge in [-0.1, -0.05) is 11.2 Å². The van der Waals surface area contributed by atoms with Gasteiger partial charge < -0.3 is 10.2 Å². The van der Waals surface area contributed by atoms with Crippen molar-refractivity contribution in [3.8, 4) is 0 Å². The Hall–Kier alpha value is -2.02. The van der Waals surface area contributed by atoms with Crippen LogP contribution in [0.1, 0.15) is 24.7 Å². The number of nitrogens with one attached hydrogen (secondary N) is 1. The van der Waals surface area contributed by atoms with Crippen LogP contribution in [0, 0.1) is 0 Å². The highest BCUT2D eigenvalue weighted by atomic mass is 32.2. The van der Waals surface area contributed by atoms with E-state index >= 15 is 0 Å². The number of aromatic nitrogens is 2. The first kappa shape index (κ1) is 13.0. The van der Waals surface area contributed by atoms with Gasteiger partial charge in [-0.3, -0.25) is 10.1 Å². The van der Waals surface area contributed by atoms with Crippen LogP contribution in [0.5, 0.6) is 0 Å². The van der Waals surface area contributed by atoms with Crippen LogP contribution >= 0.6 is 11.8 Å². The zero-order valence-electron chi connectivity index (χ0n) is 10.7. The van der Waals surface area contributed by atoms with Crippen molar-refractivity contribution in [2.24, 2.45) is 0 Å². The molecule has 104 valence electrons. The quantitative estimate of drug-likeness (QED) is 0.648. The standard InChI is InChI=1S/C13H14N4O2S/c14-9-2-1-3-10(6-9)20-7-11(18)15-13-17-16-12(19-13)8-4-5-8/h1-3,6,8H,4-5,7,14H2,(H,15,17,18). The Bertz CT molecular complexity index is 624. The summed E-state index contributed by atoms with van der Waals surface area (Å²) in [6, 6.07) is 7.57. The first-order valence-electron chi connectivity index (χ1n) is 6.32. The molecule has 0 spiro atoms. The maximum atomic E-state index is 11.8. The van der Waals surface area contributed by atoms with Gasteiger partial charge in [-0.2, -0.15) is 0 Å². The maximum Gasteiger partial charge on any atom is 0.322 e. The SMILES string of the molecule is Nc1cccc(SCC(=O)Nc2nnc(C3CC3)o2)c1. The Morgan fingerprint density at radius 3 is 3.05 bits per heavy atom. The number of carbonyl (C=O) groups excluding carboxylic acids is 1. The van der Waals surface area contributed by atoms with Crippen LogP contribution < -0.4 is 11.1 Å². The first-order chi connectivity index (χ1) is 9.70. The van der Waals surface area contributed by atoms with E-state index in [4.69, 9.17) is 10.2 Å². The molecule has 0 unspecified atom stereocenters. The number of anilines is 2. The Kier molecular flexibility index (Phi) is 3.60. The minimum Gasteiger partial charge on any atom is -0.408 e.